The molecule has 0 aromatic rings. The Bertz CT molecular complexity index is 900. The van der Waals surface area contributed by atoms with Crippen molar-refractivity contribution in [3.8, 4) is 0 Å². The monoisotopic (exact) mass is 687 g/mol. The minimum absolute atomic E-state index is 0.0488. The van der Waals surface area contributed by atoms with E-state index < -0.39 is 12.1 Å². The first kappa shape index (κ1) is 46.5. The average molecular weight is 687 g/mol. The molecule has 0 rings (SSSR count). The number of esters is 2. The van der Waals surface area contributed by atoms with Gasteiger partial charge in [0.15, 0.2) is 5.78 Å². The smallest absolute Gasteiger partial charge is 0.305 e. The Morgan fingerprint density at radius 1 is 0.551 bits per heavy atom. The van der Waals surface area contributed by atoms with Gasteiger partial charge >= 0.3 is 11.9 Å². The second kappa shape index (κ2) is 36.8. The van der Waals surface area contributed by atoms with Crippen molar-refractivity contribution in [1.82, 2.24) is 0 Å². The van der Waals surface area contributed by atoms with Crippen LogP contribution in [0.5, 0.6) is 0 Å². The van der Waals surface area contributed by atoms with Crippen LogP contribution in [0.1, 0.15) is 181 Å². The predicted molar refractivity (Wildman–Crippen MR) is 205 cm³/mol. The molecule has 0 aromatic heterocycles. The van der Waals surface area contributed by atoms with Crippen molar-refractivity contribution < 1.29 is 29.0 Å². The van der Waals surface area contributed by atoms with Gasteiger partial charge in [0.1, 0.15) is 19.3 Å². The van der Waals surface area contributed by atoms with Crippen molar-refractivity contribution in [2.75, 3.05) is 13.2 Å². The average Bonchev–Trinajstić information content (AvgIpc) is 3.08. The summed E-state index contributed by atoms with van der Waals surface area (Å²) in [4.78, 5) is 35.9. The molecule has 0 amide bonds. The van der Waals surface area contributed by atoms with Gasteiger partial charge < -0.3 is 14.6 Å². The third-order valence-corrected chi connectivity index (χ3v) is 8.47. The van der Waals surface area contributed by atoms with Crippen LogP contribution in [0.2, 0.25) is 0 Å². The number of ketones is 1. The normalized spacial score (nSPS) is 12.7. The molecule has 0 saturated carbocycles. The van der Waals surface area contributed by atoms with Crippen LogP contribution in [-0.4, -0.2) is 42.1 Å². The lowest BCUT2D eigenvalue weighted by Gasteiger charge is -2.12. The molecule has 0 aromatic carbocycles. The van der Waals surface area contributed by atoms with Crippen LogP contribution in [0, 0.1) is 5.92 Å². The second-order valence-corrected chi connectivity index (χ2v) is 13.9. The summed E-state index contributed by atoms with van der Waals surface area (Å²) in [6, 6.07) is 0. The Labute approximate surface area is 301 Å². The molecule has 0 unspecified atom stereocenters. The quantitative estimate of drug-likeness (QED) is 0.0235. The van der Waals surface area contributed by atoms with Crippen molar-refractivity contribution >= 4 is 17.7 Å². The number of carbonyl (C=O) groups excluding carboxylic acids is 3. The largest absolute Gasteiger partial charge is 0.463 e. The molecular weight excluding hydrogens is 612 g/mol. The fourth-order valence-corrected chi connectivity index (χ4v) is 5.40. The van der Waals surface area contributed by atoms with Gasteiger partial charge in [-0.25, -0.2) is 0 Å². The molecule has 49 heavy (non-hydrogen) atoms. The lowest BCUT2D eigenvalue weighted by molar-refractivity contribution is -0.152. The summed E-state index contributed by atoms with van der Waals surface area (Å²) < 4.78 is 10.2. The SMILES string of the molecule is CCCCC/C=C\C/C=C\C/C=C\C=C\C(=O)CCCC(=O)OC[C@H](O)COC(=O)CCCCCCCCCCCCCCCCC(C)C. The number of carbonyl (C=O) groups is 3. The summed E-state index contributed by atoms with van der Waals surface area (Å²) in [6.45, 7) is 6.41. The van der Waals surface area contributed by atoms with E-state index in [4.69, 9.17) is 9.47 Å². The van der Waals surface area contributed by atoms with E-state index in [0.29, 0.717) is 12.8 Å². The van der Waals surface area contributed by atoms with Gasteiger partial charge in [0, 0.05) is 19.3 Å². The topological polar surface area (TPSA) is 89.9 Å². The van der Waals surface area contributed by atoms with Crippen LogP contribution in [0.15, 0.2) is 48.6 Å². The van der Waals surface area contributed by atoms with Crippen molar-refractivity contribution in [2.24, 2.45) is 5.92 Å². The van der Waals surface area contributed by atoms with Gasteiger partial charge in [0.25, 0.3) is 0 Å². The van der Waals surface area contributed by atoms with Crippen molar-refractivity contribution in [2.45, 2.75) is 187 Å². The Morgan fingerprint density at radius 2 is 1.04 bits per heavy atom. The minimum Gasteiger partial charge on any atom is -0.463 e. The molecule has 0 aliphatic heterocycles. The van der Waals surface area contributed by atoms with Gasteiger partial charge in [-0.1, -0.05) is 166 Å². The zero-order valence-electron chi connectivity index (χ0n) is 31.9. The molecule has 0 aliphatic rings. The minimum atomic E-state index is -1.05. The first-order valence-electron chi connectivity index (χ1n) is 20.0. The molecule has 1 N–H and O–H groups in total. The molecular formula is C43H74O6. The maximum Gasteiger partial charge on any atom is 0.305 e. The highest BCUT2D eigenvalue weighted by Gasteiger charge is 2.12. The van der Waals surface area contributed by atoms with E-state index in [1.165, 1.54) is 102 Å². The number of rotatable bonds is 35. The Hall–Kier alpha value is -2.47. The molecule has 0 fully saturated rings. The summed E-state index contributed by atoms with van der Waals surface area (Å²) >= 11 is 0. The maximum atomic E-state index is 12.0. The maximum absolute atomic E-state index is 12.0. The number of hydrogen-bond acceptors (Lipinski definition) is 6. The van der Waals surface area contributed by atoms with Gasteiger partial charge in [-0.2, -0.15) is 0 Å². The molecule has 282 valence electrons. The zero-order chi connectivity index (χ0) is 36.0. The second-order valence-electron chi connectivity index (χ2n) is 13.9. The van der Waals surface area contributed by atoms with E-state index in [9.17, 15) is 19.5 Å². The lowest BCUT2D eigenvalue weighted by atomic mass is 10.0. The van der Waals surface area contributed by atoms with Crippen LogP contribution in [0.25, 0.3) is 0 Å². The van der Waals surface area contributed by atoms with Crippen LogP contribution >= 0.6 is 0 Å². The van der Waals surface area contributed by atoms with E-state index in [1.807, 2.05) is 12.2 Å². The molecule has 0 heterocycles. The number of unbranched alkanes of at least 4 members (excludes halogenated alkanes) is 16. The standard InChI is InChI=1S/C43H74O6/c1-4-5-6-7-8-9-10-13-17-20-23-26-29-33-40(44)34-31-36-43(47)49-38-41(45)37-48-42(46)35-30-27-24-21-18-15-12-11-14-16-19-22-25-28-32-39(2)3/h8-9,13,17,23,26,29,33,39,41,45H,4-7,10-12,14-16,18-22,24-25,27-28,30-32,34-38H2,1-3H3/b9-8-,17-13-,26-23-,33-29+/t41-/m1/s1. The summed E-state index contributed by atoms with van der Waals surface area (Å²) in [5.74, 6) is -0.0162. The molecule has 0 aliphatic carbocycles. The third-order valence-electron chi connectivity index (χ3n) is 8.47. The van der Waals surface area contributed by atoms with E-state index in [2.05, 4.69) is 45.1 Å². The number of aliphatic hydroxyl groups is 1. The van der Waals surface area contributed by atoms with Gasteiger partial charge in [0.2, 0.25) is 0 Å². The van der Waals surface area contributed by atoms with Crippen molar-refractivity contribution in [3.05, 3.63) is 48.6 Å². The Balaban J connectivity index is 3.61. The van der Waals surface area contributed by atoms with E-state index in [-0.39, 0.29) is 37.8 Å². The van der Waals surface area contributed by atoms with Crippen LogP contribution in [0.3, 0.4) is 0 Å². The first-order chi connectivity index (χ1) is 23.8. The molecule has 0 spiro atoms. The highest BCUT2D eigenvalue weighted by Crippen LogP contribution is 2.15. The summed E-state index contributed by atoms with van der Waals surface area (Å²) in [5, 5.41) is 10.00. The summed E-state index contributed by atoms with van der Waals surface area (Å²) in [6.07, 6.45) is 41.7. The lowest BCUT2D eigenvalue weighted by Crippen LogP contribution is -2.25. The molecule has 0 radical (unpaired) electrons. The molecule has 1 atom stereocenters. The third kappa shape index (κ3) is 38.2. The van der Waals surface area contributed by atoms with Gasteiger partial charge in [-0.3, -0.25) is 14.4 Å². The van der Waals surface area contributed by atoms with Crippen molar-refractivity contribution in [3.63, 3.8) is 0 Å². The van der Waals surface area contributed by atoms with Crippen LogP contribution in [0.4, 0.5) is 0 Å². The molecule has 0 saturated heterocycles. The number of allylic oxidation sites excluding steroid dienone is 8. The Morgan fingerprint density at radius 3 is 1.59 bits per heavy atom. The number of ether oxygens (including phenoxy) is 2. The van der Waals surface area contributed by atoms with E-state index >= 15 is 0 Å². The van der Waals surface area contributed by atoms with Gasteiger partial charge in [-0.15, -0.1) is 0 Å². The van der Waals surface area contributed by atoms with Gasteiger partial charge in [-0.05, 0) is 50.5 Å². The number of aliphatic hydroxyl groups excluding tert-OH is 1. The molecule has 6 heteroatoms. The van der Waals surface area contributed by atoms with Crippen LogP contribution < -0.4 is 0 Å². The van der Waals surface area contributed by atoms with E-state index in [1.54, 1.807) is 6.08 Å². The van der Waals surface area contributed by atoms with Crippen LogP contribution in [-0.2, 0) is 23.9 Å². The van der Waals surface area contributed by atoms with E-state index in [0.717, 1.165) is 44.4 Å². The first-order valence-corrected chi connectivity index (χ1v) is 20.0. The zero-order valence-corrected chi connectivity index (χ0v) is 31.9. The predicted octanol–water partition coefficient (Wildman–Crippen LogP) is 11.7. The van der Waals surface area contributed by atoms with Gasteiger partial charge in [0.05, 0.1) is 0 Å². The highest BCUT2D eigenvalue weighted by atomic mass is 16.6. The van der Waals surface area contributed by atoms with Crippen molar-refractivity contribution in [1.29, 1.82) is 0 Å². The molecule has 6 nitrogen and oxygen atoms in total. The summed E-state index contributed by atoms with van der Waals surface area (Å²) in [7, 11) is 0. The number of hydrogen-bond donors (Lipinski definition) is 1. The molecule has 0 bridgehead atoms. The fourth-order valence-electron chi connectivity index (χ4n) is 5.40. The highest BCUT2D eigenvalue weighted by molar-refractivity contribution is 5.90. The fraction of sp³-hybridized carbons (Fsp3) is 0.744. The summed E-state index contributed by atoms with van der Waals surface area (Å²) in [5.41, 5.74) is 0. The Kier molecular flexibility index (Phi) is 34.9.